The van der Waals surface area contributed by atoms with Gasteiger partial charge in [0, 0.05) is 6.54 Å². The van der Waals surface area contributed by atoms with Crippen molar-refractivity contribution in [2.24, 2.45) is 0 Å². The van der Waals surface area contributed by atoms with Crippen LogP contribution in [0.5, 0.6) is 0 Å². The van der Waals surface area contributed by atoms with Crippen LogP contribution in [-0.2, 0) is 4.74 Å². The minimum Gasteiger partial charge on any atom is -0.394 e. The van der Waals surface area contributed by atoms with Gasteiger partial charge in [0.1, 0.15) is 0 Å². The standard InChI is InChI=1S/C7H17NO3/c1-2-8-5-7(6-10)11-4-3-9/h7-10H,2-6H2,1H3. The van der Waals surface area contributed by atoms with E-state index in [1.54, 1.807) is 0 Å². The third-order valence-corrected chi connectivity index (χ3v) is 1.27. The van der Waals surface area contributed by atoms with Gasteiger partial charge in [0.2, 0.25) is 0 Å². The van der Waals surface area contributed by atoms with Crippen LogP contribution in [0.15, 0.2) is 0 Å². The molecule has 1 atom stereocenters. The number of aliphatic hydroxyl groups is 2. The Bertz CT molecular complexity index is 72.1. The lowest BCUT2D eigenvalue weighted by atomic mass is 10.3. The third kappa shape index (κ3) is 6.25. The van der Waals surface area contributed by atoms with E-state index in [9.17, 15) is 0 Å². The maximum atomic E-state index is 8.73. The zero-order valence-electron chi connectivity index (χ0n) is 6.92. The lowest BCUT2D eigenvalue weighted by Crippen LogP contribution is -2.32. The van der Waals surface area contributed by atoms with E-state index in [0.29, 0.717) is 6.54 Å². The molecule has 3 N–H and O–H groups in total. The smallest absolute Gasteiger partial charge is 0.0930 e. The monoisotopic (exact) mass is 163 g/mol. The van der Waals surface area contributed by atoms with Gasteiger partial charge in [-0.2, -0.15) is 0 Å². The van der Waals surface area contributed by atoms with Crippen molar-refractivity contribution >= 4 is 0 Å². The first kappa shape index (κ1) is 10.8. The summed E-state index contributed by atoms with van der Waals surface area (Å²) in [6.45, 7) is 3.76. The first-order valence-electron chi connectivity index (χ1n) is 3.89. The largest absolute Gasteiger partial charge is 0.394 e. The molecule has 0 amide bonds. The zero-order valence-corrected chi connectivity index (χ0v) is 6.92. The maximum Gasteiger partial charge on any atom is 0.0930 e. The molecular weight excluding hydrogens is 146 g/mol. The molecule has 0 aromatic heterocycles. The summed E-state index contributed by atoms with van der Waals surface area (Å²) in [5, 5.41) is 20.2. The van der Waals surface area contributed by atoms with Crippen LogP contribution in [0.2, 0.25) is 0 Å². The topological polar surface area (TPSA) is 61.7 Å². The molecule has 0 aromatic rings. The van der Waals surface area contributed by atoms with Gasteiger partial charge in [-0.1, -0.05) is 6.92 Å². The second-order valence-corrected chi connectivity index (χ2v) is 2.21. The highest BCUT2D eigenvalue weighted by atomic mass is 16.5. The van der Waals surface area contributed by atoms with Crippen molar-refractivity contribution in [2.75, 3.05) is 32.9 Å². The van der Waals surface area contributed by atoms with E-state index in [1.807, 2.05) is 6.92 Å². The molecule has 4 heteroatoms. The predicted molar refractivity (Wildman–Crippen MR) is 42.5 cm³/mol. The summed E-state index contributed by atoms with van der Waals surface area (Å²) in [5.41, 5.74) is 0. The molecule has 68 valence electrons. The highest BCUT2D eigenvalue weighted by Gasteiger charge is 2.04. The SMILES string of the molecule is CCNCC(CO)OCCO. The molecule has 4 nitrogen and oxygen atoms in total. The van der Waals surface area contributed by atoms with Crippen LogP contribution < -0.4 is 5.32 Å². The average Bonchev–Trinajstić information content (AvgIpc) is 2.05. The van der Waals surface area contributed by atoms with Gasteiger partial charge < -0.3 is 20.3 Å². The van der Waals surface area contributed by atoms with E-state index >= 15 is 0 Å². The van der Waals surface area contributed by atoms with E-state index < -0.39 is 0 Å². The molecule has 0 radical (unpaired) electrons. The summed E-state index contributed by atoms with van der Waals surface area (Å²) >= 11 is 0. The second-order valence-electron chi connectivity index (χ2n) is 2.21. The van der Waals surface area contributed by atoms with E-state index in [4.69, 9.17) is 14.9 Å². The van der Waals surface area contributed by atoms with Crippen LogP contribution in [0.4, 0.5) is 0 Å². The number of hydrogen-bond acceptors (Lipinski definition) is 4. The molecule has 0 fully saturated rings. The van der Waals surface area contributed by atoms with Crippen LogP contribution in [0.3, 0.4) is 0 Å². The normalized spacial score (nSPS) is 13.4. The lowest BCUT2D eigenvalue weighted by molar-refractivity contribution is -0.00213. The maximum absolute atomic E-state index is 8.73. The Morgan fingerprint density at radius 2 is 2.18 bits per heavy atom. The Morgan fingerprint density at radius 1 is 1.45 bits per heavy atom. The lowest BCUT2D eigenvalue weighted by Gasteiger charge is -2.14. The van der Waals surface area contributed by atoms with Crippen LogP contribution >= 0.6 is 0 Å². The Morgan fingerprint density at radius 3 is 2.64 bits per heavy atom. The van der Waals surface area contributed by atoms with E-state index in [2.05, 4.69) is 5.32 Å². The van der Waals surface area contributed by atoms with Gasteiger partial charge in [0.25, 0.3) is 0 Å². The van der Waals surface area contributed by atoms with Gasteiger partial charge in [0.05, 0.1) is 25.9 Å². The summed E-state index contributed by atoms with van der Waals surface area (Å²) < 4.78 is 5.08. The van der Waals surface area contributed by atoms with Gasteiger partial charge in [-0.05, 0) is 6.54 Å². The highest BCUT2D eigenvalue weighted by molar-refractivity contribution is 4.58. The Kier molecular flexibility index (Phi) is 7.83. The van der Waals surface area contributed by atoms with Crippen LogP contribution in [0.1, 0.15) is 6.92 Å². The first-order valence-corrected chi connectivity index (χ1v) is 3.89. The fraction of sp³-hybridized carbons (Fsp3) is 1.00. The molecule has 0 heterocycles. The molecule has 1 unspecified atom stereocenters. The fourth-order valence-corrected chi connectivity index (χ4v) is 0.701. The van der Waals surface area contributed by atoms with Crippen molar-refractivity contribution in [1.82, 2.24) is 5.32 Å². The first-order chi connectivity index (χ1) is 5.35. The second kappa shape index (κ2) is 7.94. The van der Waals surface area contributed by atoms with Gasteiger partial charge in [-0.3, -0.25) is 0 Å². The Labute approximate surface area is 67.2 Å². The number of ether oxygens (including phenoxy) is 1. The number of aliphatic hydroxyl groups excluding tert-OH is 2. The van der Waals surface area contributed by atoms with Crippen molar-refractivity contribution in [2.45, 2.75) is 13.0 Å². The summed E-state index contributed by atoms with van der Waals surface area (Å²) in [6.07, 6.45) is -0.193. The van der Waals surface area contributed by atoms with E-state index in [1.165, 1.54) is 0 Å². The molecule has 0 saturated heterocycles. The van der Waals surface area contributed by atoms with Crippen LogP contribution in [-0.4, -0.2) is 49.2 Å². The number of hydrogen-bond donors (Lipinski definition) is 3. The summed E-state index contributed by atoms with van der Waals surface area (Å²) in [6, 6.07) is 0. The van der Waals surface area contributed by atoms with Gasteiger partial charge in [-0.25, -0.2) is 0 Å². The molecule has 0 spiro atoms. The summed E-state index contributed by atoms with van der Waals surface area (Å²) in [5.74, 6) is 0. The van der Waals surface area contributed by atoms with Crippen molar-refractivity contribution in [1.29, 1.82) is 0 Å². The highest BCUT2D eigenvalue weighted by Crippen LogP contribution is 1.87. The van der Waals surface area contributed by atoms with Crippen molar-refractivity contribution < 1.29 is 14.9 Å². The summed E-state index contributed by atoms with van der Waals surface area (Å²) in [4.78, 5) is 0. The average molecular weight is 163 g/mol. The zero-order chi connectivity index (χ0) is 8.53. The van der Waals surface area contributed by atoms with Gasteiger partial charge in [-0.15, -0.1) is 0 Å². The predicted octanol–water partition coefficient (Wildman–Crippen LogP) is -1.03. The minimum atomic E-state index is -0.193. The molecular formula is C7H17NO3. The molecule has 0 aliphatic heterocycles. The molecule has 0 aliphatic carbocycles. The van der Waals surface area contributed by atoms with Crippen molar-refractivity contribution in [3.8, 4) is 0 Å². The quantitative estimate of drug-likeness (QED) is 0.449. The van der Waals surface area contributed by atoms with Crippen LogP contribution in [0.25, 0.3) is 0 Å². The fourth-order valence-electron chi connectivity index (χ4n) is 0.701. The molecule has 11 heavy (non-hydrogen) atoms. The van der Waals surface area contributed by atoms with Crippen LogP contribution in [0, 0.1) is 0 Å². The number of nitrogens with one attached hydrogen (secondary N) is 1. The molecule has 0 aliphatic rings. The van der Waals surface area contributed by atoms with Gasteiger partial charge >= 0.3 is 0 Å². The summed E-state index contributed by atoms with van der Waals surface area (Å²) in [7, 11) is 0. The number of likely N-dealkylation sites (N-methyl/N-ethyl adjacent to an activating group) is 1. The Balaban J connectivity index is 3.25. The van der Waals surface area contributed by atoms with E-state index in [0.717, 1.165) is 6.54 Å². The minimum absolute atomic E-state index is 0.00260. The third-order valence-electron chi connectivity index (χ3n) is 1.27. The molecule has 0 saturated carbocycles. The van der Waals surface area contributed by atoms with E-state index in [-0.39, 0.29) is 25.9 Å². The molecule has 0 rings (SSSR count). The van der Waals surface area contributed by atoms with Crippen molar-refractivity contribution in [3.05, 3.63) is 0 Å². The molecule has 0 aromatic carbocycles. The Hall–Kier alpha value is -0.160. The van der Waals surface area contributed by atoms with Gasteiger partial charge in [0.15, 0.2) is 0 Å². The van der Waals surface area contributed by atoms with Crippen molar-refractivity contribution in [3.63, 3.8) is 0 Å². The number of rotatable bonds is 7. The molecule has 0 bridgehead atoms.